The number of alkyl halides is 1. The van der Waals surface area contributed by atoms with Crippen molar-refractivity contribution in [3.63, 3.8) is 0 Å². The molecule has 1 atom stereocenters. The van der Waals surface area contributed by atoms with Crippen LogP contribution in [0.25, 0.3) is 0 Å². The highest BCUT2D eigenvalue weighted by atomic mass is 79.9. The lowest BCUT2D eigenvalue weighted by Crippen LogP contribution is -1.96. The third-order valence-electron chi connectivity index (χ3n) is 1.95. The molecule has 0 aliphatic heterocycles. The zero-order valence-corrected chi connectivity index (χ0v) is 12.3. The van der Waals surface area contributed by atoms with E-state index < -0.39 is 0 Å². The lowest BCUT2D eigenvalue weighted by molar-refractivity contribution is 0.855. The van der Waals surface area contributed by atoms with Gasteiger partial charge in [0.2, 0.25) is 0 Å². The summed E-state index contributed by atoms with van der Waals surface area (Å²) in [6.07, 6.45) is 4.24. The quantitative estimate of drug-likeness (QED) is 0.791. The predicted molar refractivity (Wildman–Crippen MR) is 70.6 cm³/mol. The molecule has 0 aliphatic carbocycles. The van der Waals surface area contributed by atoms with Gasteiger partial charge in [-0.05, 0) is 43.5 Å². The Morgan fingerprint density at radius 1 is 1.53 bits per heavy atom. The minimum atomic E-state index is -0.0620. The standard InChI is InChI=1S/C9H7Br2ClN2S/c10-7-3-5(9(11)15-7)6(12)4-8-13-1-2-14-8/h1-3,6H,4H2,(H,13,14). The van der Waals surface area contributed by atoms with Crippen molar-refractivity contribution in [3.8, 4) is 0 Å². The first-order valence-corrected chi connectivity index (χ1v) is 7.08. The number of hydrogen-bond donors (Lipinski definition) is 1. The Labute approximate surface area is 113 Å². The fourth-order valence-electron chi connectivity index (χ4n) is 1.26. The normalized spacial score (nSPS) is 13.0. The molecule has 0 fully saturated rings. The van der Waals surface area contributed by atoms with Crippen molar-refractivity contribution in [2.75, 3.05) is 0 Å². The SMILES string of the molecule is ClC(Cc1ncc[nH]1)c1cc(Br)sc1Br. The van der Waals surface area contributed by atoms with E-state index in [1.54, 1.807) is 23.7 Å². The maximum absolute atomic E-state index is 6.31. The second-order valence-electron chi connectivity index (χ2n) is 2.99. The number of rotatable bonds is 3. The molecule has 0 bridgehead atoms. The zero-order chi connectivity index (χ0) is 10.8. The van der Waals surface area contributed by atoms with Crippen LogP contribution in [0.4, 0.5) is 0 Å². The van der Waals surface area contributed by atoms with Gasteiger partial charge in [-0.1, -0.05) is 0 Å². The molecule has 2 aromatic heterocycles. The largest absolute Gasteiger partial charge is 0.349 e. The summed E-state index contributed by atoms with van der Waals surface area (Å²) in [7, 11) is 0. The number of thiophene rings is 1. The molecule has 80 valence electrons. The smallest absolute Gasteiger partial charge is 0.107 e. The average Bonchev–Trinajstić information content (AvgIpc) is 2.75. The number of aromatic amines is 1. The molecule has 0 saturated carbocycles. The second-order valence-corrected chi connectivity index (χ2v) is 7.26. The van der Waals surface area contributed by atoms with Crippen LogP contribution in [-0.4, -0.2) is 9.97 Å². The maximum atomic E-state index is 6.31. The average molecular weight is 370 g/mol. The lowest BCUT2D eigenvalue weighted by atomic mass is 10.2. The van der Waals surface area contributed by atoms with Gasteiger partial charge in [-0.25, -0.2) is 4.98 Å². The molecule has 1 unspecified atom stereocenters. The number of imidazole rings is 1. The van der Waals surface area contributed by atoms with Gasteiger partial charge >= 0.3 is 0 Å². The number of halogens is 3. The third-order valence-corrected chi connectivity index (χ3v) is 4.72. The summed E-state index contributed by atoms with van der Waals surface area (Å²) in [4.78, 5) is 7.20. The Balaban J connectivity index is 2.14. The molecular formula is C9H7Br2ClN2S. The van der Waals surface area contributed by atoms with Gasteiger partial charge in [0.15, 0.2) is 0 Å². The van der Waals surface area contributed by atoms with Crippen molar-refractivity contribution < 1.29 is 0 Å². The minimum Gasteiger partial charge on any atom is -0.349 e. The molecule has 6 heteroatoms. The van der Waals surface area contributed by atoms with E-state index in [-0.39, 0.29) is 5.38 Å². The van der Waals surface area contributed by atoms with Gasteiger partial charge in [-0.2, -0.15) is 0 Å². The number of nitrogens with zero attached hydrogens (tertiary/aromatic N) is 1. The summed E-state index contributed by atoms with van der Waals surface area (Å²) >= 11 is 14.9. The molecule has 0 aliphatic rings. The number of hydrogen-bond acceptors (Lipinski definition) is 2. The van der Waals surface area contributed by atoms with Gasteiger partial charge in [-0.15, -0.1) is 22.9 Å². The first kappa shape index (κ1) is 11.6. The number of H-pyrrole nitrogens is 1. The highest BCUT2D eigenvalue weighted by Gasteiger charge is 2.16. The van der Waals surface area contributed by atoms with Gasteiger partial charge in [0.25, 0.3) is 0 Å². The molecule has 0 spiro atoms. The van der Waals surface area contributed by atoms with Crippen LogP contribution in [0.15, 0.2) is 26.0 Å². The Bertz CT molecular complexity index is 441. The van der Waals surface area contributed by atoms with Gasteiger partial charge < -0.3 is 4.98 Å². The first-order chi connectivity index (χ1) is 7.16. The van der Waals surface area contributed by atoms with Crippen molar-refractivity contribution in [3.05, 3.63) is 37.4 Å². The van der Waals surface area contributed by atoms with Crippen LogP contribution >= 0.6 is 54.8 Å². The fraction of sp³-hybridized carbons (Fsp3) is 0.222. The topological polar surface area (TPSA) is 28.7 Å². The molecule has 15 heavy (non-hydrogen) atoms. The summed E-state index contributed by atoms with van der Waals surface area (Å²) in [6.45, 7) is 0. The Hall–Kier alpha value is 0.160. The van der Waals surface area contributed by atoms with Crippen molar-refractivity contribution in [2.24, 2.45) is 0 Å². The van der Waals surface area contributed by atoms with Gasteiger partial charge in [0, 0.05) is 18.8 Å². The van der Waals surface area contributed by atoms with E-state index in [0.717, 1.165) is 19.0 Å². The summed E-state index contributed by atoms with van der Waals surface area (Å²) in [5.74, 6) is 0.907. The van der Waals surface area contributed by atoms with E-state index in [1.807, 2.05) is 6.07 Å². The molecule has 0 saturated heterocycles. The lowest BCUT2D eigenvalue weighted by Gasteiger charge is -2.05. The van der Waals surface area contributed by atoms with Crippen molar-refractivity contribution in [2.45, 2.75) is 11.8 Å². The fourth-order valence-corrected chi connectivity index (χ4v) is 4.74. The van der Waals surface area contributed by atoms with Crippen LogP contribution in [0.1, 0.15) is 16.8 Å². The van der Waals surface area contributed by atoms with E-state index in [4.69, 9.17) is 11.6 Å². The molecule has 2 nitrogen and oxygen atoms in total. The maximum Gasteiger partial charge on any atom is 0.107 e. The van der Waals surface area contributed by atoms with Gasteiger partial charge in [-0.3, -0.25) is 0 Å². The molecule has 2 rings (SSSR count). The molecule has 0 amide bonds. The van der Waals surface area contributed by atoms with Gasteiger partial charge in [0.05, 0.1) is 12.9 Å². The molecule has 2 aromatic rings. The van der Waals surface area contributed by atoms with E-state index >= 15 is 0 Å². The Morgan fingerprint density at radius 2 is 2.33 bits per heavy atom. The Morgan fingerprint density at radius 3 is 2.87 bits per heavy atom. The van der Waals surface area contributed by atoms with E-state index in [1.165, 1.54) is 0 Å². The number of nitrogens with one attached hydrogen (secondary N) is 1. The summed E-state index contributed by atoms with van der Waals surface area (Å²) in [5.41, 5.74) is 1.10. The van der Waals surface area contributed by atoms with Gasteiger partial charge in [0.1, 0.15) is 5.82 Å². The van der Waals surface area contributed by atoms with Crippen molar-refractivity contribution in [1.82, 2.24) is 9.97 Å². The van der Waals surface area contributed by atoms with Crippen LogP contribution in [0, 0.1) is 0 Å². The monoisotopic (exact) mass is 368 g/mol. The third kappa shape index (κ3) is 2.84. The zero-order valence-electron chi connectivity index (χ0n) is 7.51. The van der Waals surface area contributed by atoms with Crippen LogP contribution in [-0.2, 0) is 6.42 Å². The second kappa shape index (κ2) is 4.99. The highest BCUT2D eigenvalue weighted by Crippen LogP contribution is 2.38. The highest BCUT2D eigenvalue weighted by molar-refractivity contribution is 9.12. The van der Waals surface area contributed by atoms with Crippen LogP contribution in [0.2, 0.25) is 0 Å². The summed E-state index contributed by atoms with van der Waals surface area (Å²) < 4.78 is 2.15. The van der Waals surface area contributed by atoms with Crippen LogP contribution < -0.4 is 0 Å². The summed E-state index contributed by atoms with van der Waals surface area (Å²) in [5, 5.41) is -0.0620. The van der Waals surface area contributed by atoms with E-state index in [2.05, 4.69) is 41.8 Å². The molecule has 0 aromatic carbocycles. The Kier molecular flexibility index (Phi) is 3.88. The molecule has 0 radical (unpaired) electrons. The minimum absolute atomic E-state index is 0.0620. The summed E-state index contributed by atoms with van der Waals surface area (Å²) in [6, 6.07) is 2.04. The van der Waals surface area contributed by atoms with Crippen molar-refractivity contribution in [1.29, 1.82) is 0 Å². The van der Waals surface area contributed by atoms with E-state index in [0.29, 0.717) is 6.42 Å². The van der Waals surface area contributed by atoms with Crippen molar-refractivity contribution >= 4 is 54.8 Å². The number of aromatic nitrogens is 2. The van der Waals surface area contributed by atoms with Crippen LogP contribution in [0.3, 0.4) is 0 Å². The molecule has 1 N–H and O–H groups in total. The van der Waals surface area contributed by atoms with Crippen LogP contribution in [0.5, 0.6) is 0 Å². The first-order valence-electron chi connectivity index (χ1n) is 4.24. The van der Waals surface area contributed by atoms with E-state index in [9.17, 15) is 0 Å². The predicted octanol–water partition coefficient (Wildman–Crippen LogP) is 4.52. The molecule has 2 heterocycles. The molecular weight excluding hydrogens is 363 g/mol.